The smallest absolute Gasteiger partial charge is 0.243 e. The molecule has 8 heteroatoms. The standard InChI is InChI=1S/C14H18N2O5S/c1-7(11(17)15-10(6-22)14(20)21)16-12(18)8-4-2-3-5-9(8)13(16)19/h2-3,7-10,22H,4-6H2,1H3,(H,15,17)(H,20,21)/p-1/t7-,8-,9+,10-/m0/s1. The third kappa shape index (κ3) is 2.87. The number of thiol groups is 1. The van der Waals surface area contributed by atoms with E-state index in [4.69, 9.17) is 0 Å². The first-order valence-electron chi connectivity index (χ1n) is 7.02. The summed E-state index contributed by atoms with van der Waals surface area (Å²) in [6.07, 6.45) is 4.68. The maximum Gasteiger partial charge on any atom is 0.243 e. The minimum Gasteiger partial charge on any atom is -0.548 e. The van der Waals surface area contributed by atoms with Crippen LogP contribution in [0.15, 0.2) is 12.2 Å². The van der Waals surface area contributed by atoms with Crippen molar-refractivity contribution >= 4 is 36.3 Å². The number of likely N-dealkylation sites (tertiary alicyclic amines) is 1. The van der Waals surface area contributed by atoms with Gasteiger partial charge in [0, 0.05) is 5.75 Å². The number of rotatable bonds is 5. The number of carboxylic acids is 1. The van der Waals surface area contributed by atoms with Crippen molar-refractivity contribution < 1.29 is 24.3 Å². The molecule has 1 N–H and O–H groups in total. The second-order valence-electron chi connectivity index (χ2n) is 5.44. The molecular weight excluding hydrogens is 308 g/mol. The molecule has 0 unspecified atom stereocenters. The van der Waals surface area contributed by atoms with Gasteiger partial charge in [0.1, 0.15) is 6.04 Å². The van der Waals surface area contributed by atoms with Crippen LogP contribution in [0.4, 0.5) is 0 Å². The first-order chi connectivity index (χ1) is 10.4. The van der Waals surface area contributed by atoms with Crippen LogP contribution >= 0.6 is 12.6 Å². The van der Waals surface area contributed by atoms with Gasteiger partial charge in [-0.3, -0.25) is 19.3 Å². The van der Waals surface area contributed by atoms with Crippen molar-refractivity contribution in [2.45, 2.75) is 31.8 Å². The van der Waals surface area contributed by atoms with E-state index in [9.17, 15) is 24.3 Å². The van der Waals surface area contributed by atoms with Crippen LogP contribution < -0.4 is 10.4 Å². The number of carbonyl (C=O) groups excluding carboxylic acids is 4. The molecule has 0 saturated carbocycles. The lowest BCUT2D eigenvalue weighted by atomic mass is 9.85. The van der Waals surface area contributed by atoms with Gasteiger partial charge in [0.05, 0.1) is 23.8 Å². The van der Waals surface area contributed by atoms with E-state index in [1.165, 1.54) is 6.92 Å². The number of imide groups is 1. The predicted molar refractivity (Wildman–Crippen MR) is 77.5 cm³/mol. The molecule has 0 aromatic heterocycles. The van der Waals surface area contributed by atoms with E-state index < -0.39 is 35.8 Å². The number of carbonyl (C=O) groups is 4. The topological polar surface area (TPSA) is 107 Å². The fourth-order valence-electron chi connectivity index (χ4n) is 2.80. The molecule has 7 nitrogen and oxygen atoms in total. The van der Waals surface area contributed by atoms with Gasteiger partial charge in [-0.2, -0.15) is 12.6 Å². The first-order valence-corrected chi connectivity index (χ1v) is 7.65. The van der Waals surface area contributed by atoms with Gasteiger partial charge in [-0.25, -0.2) is 0 Å². The highest BCUT2D eigenvalue weighted by Crippen LogP contribution is 2.36. The molecule has 0 radical (unpaired) electrons. The second kappa shape index (κ2) is 6.51. The molecule has 120 valence electrons. The molecular formula is C14H17N2O5S-. The molecule has 1 fully saturated rings. The van der Waals surface area contributed by atoms with Gasteiger partial charge in [0.2, 0.25) is 17.7 Å². The number of nitrogens with zero attached hydrogens (tertiary/aromatic N) is 1. The molecule has 1 aliphatic carbocycles. The van der Waals surface area contributed by atoms with Gasteiger partial charge in [0.25, 0.3) is 0 Å². The molecule has 22 heavy (non-hydrogen) atoms. The van der Waals surface area contributed by atoms with Crippen molar-refractivity contribution in [3.8, 4) is 0 Å². The minimum absolute atomic E-state index is 0.141. The van der Waals surface area contributed by atoms with E-state index in [2.05, 4.69) is 17.9 Å². The highest BCUT2D eigenvalue weighted by atomic mass is 32.1. The van der Waals surface area contributed by atoms with Crippen LogP contribution in [-0.2, 0) is 19.2 Å². The lowest BCUT2D eigenvalue weighted by molar-refractivity contribution is -0.307. The van der Waals surface area contributed by atoms with Crippen LogP contribution in [0.2, 0.25) is 0 Å². The Bertz CT molecular complexity index is 521. The monoisotopic (exact) mass is 325 g/mol. The zero-order chi connectivity index (χ0) is 16.4. The SMILES string of the molecule is C[C@@H](C(=O)N[C@@H](CS)C(=O)[O-])N1C(=O)[C@H]2CC=CC[C@H]2C1=O. The number of carboxylic acid groups (broad SMARTS) is 1. The average Bonchev–Trinajstić information content (AvgIpc) is 2.75. The number of allylic oxidation sites excluding steroid dienone is 2. The Kier molecular flexibility index (Phi) is 4.90. The van der Waals surface area contributed by atoms with Crippen molar-refractivity contribution in [1.82, 2.24) is 10.2 Å². The highest BCUT2D eigenvalue weighted by molar-refractivity contribution is 7.80. The van der Waals surface area contributed by atoms with Gasteiger partial charge in [-0.15, -0.1) is 0 Å². The van der Waals surface area contributed by atoms with Gasteiger partial charge in [0.15, 0.2) is 0 Å². The molecule has 1 aliphatic heterocycles. The zero-order valence-electron chi connectivity index (χ0n) is 12.0. The Morgan fingerprint density at radius 3 is 2.23 bits per heavy atom. The van der Waals surface area contributed by atoms with Crippen LogP contribution in [0, 0.1) is 11.8 Å². The molecule has 0 bridgehead atoms. The number of hydrogen-bond acceptors (Lipinski definition) is 6. The molecule has 0 aromatic carbocycles. The Labute approximate surface area is 133 Å². The maximum absolute atomic E-state index is 12.3. The van der Waals surface area contributed by atoms with Gasteiger partial charge in [-0.05, 0) is 19.8 Å². The number of nitrogens with one attached hydrogen (secondary N) is 1. The highest BCUT2D eigenvalue weighted by Gasteiger charge is 2.50. The minimum atomic E-state index is -1.47. The lowest BCUT2D eigenvalue weighted by Gasteiger charge is -2.25. The van der Waals surface area contributed by atoms with E-state index in [0.29, 0.717) is 12.8 Å². The molecule has 2 aliphatic rings. The van der Waals surface area contributed by atoms with Crippen LogP contribution in [0.3, 0.4) is 0 Å². The molecule has 3 amide bonds. The quantitative estimate of drug-likeness (QED) is 0.363. The molecule has 1 saturated heterocycles. The Morgan fingerprint density at radius 1 is 1.32 bits per heavy atom. The third-order valence-electron chi connectivity index (χ3n) is 4.09. The molecule has 2 rings (SSSR count). The maximum atomic E-state index is 12.3. The van der Waals surface area contributed by atoms with Crippen LogP contribution in [0.1, 0.15) is 19.8 Å². The number of hydrogen-bond donors (Lipinski definition) is 2. The Hall–Kier alpha value is -1.83. The molecule has 0 aromatic rings. The third-order valence-corrected chi connectivity index (χ3v) is 4.46. The lowest BCUT2D eigenvalue weighted by Crippen LogP contribution is -2.55. The zero-order valence-corrected chi connectivity index (χ0v) is 12.9. The average molecular weight is 325 g/mol. The summed E-state index contributed by atoms with van der Waals surface area (Å²) in [6.45, 7) is 1.40. The van der Waals surface area contributed by atoms with E-state index in [-0.39, 0.29) is 17.6 Å². The Balaban J connectivity index is 2.10. The molecule has 4 atom stereocenters. The summed E-state index contributed by atoms with van der Waals surface area (Å²) >= 11 is 3.82. The van der Waals surface area contributed by atoms with Crippen LogP contribution in [-0.4, -0.2) is 46.4 Å². The first kappa shape index (κ1) is 16.5. The summed E-state index contributed by atoms with van der Waals surface area (Å²) in [4.78, 5) is 48.5. The fraction of sp³-hybridized carbons (Fsp3) is 0.571. The van der Waals surface area contributed by atoms with Gasteiger partial charge >= 0.3 is 0 Å². The van der Waals surface area contributed by atoms with E-state index in [1.807, 2.05) is 12.2 Å². The fourth-order valence-corrected chi connectivity index (χ4v) is 3.04. The molecule has 1 heterocycles. The largest absolute Gasteiger partial charge is 0.548 e. The van der Waals surface area contributed by atoms with Gasteiger partial charge in [-0.1, -0.05) is 12.2 Å². The summed E-state index contributed by atoms with van der Waals surface area (Å²) in [5.41, 5.74) is 0. The van der Waals surface area contributed by atoms with Crippen molar-refractivity contribution in [2.75, 3.05) is 5.75 Å². The summed E-state index contributed by atoms with van der Waals surface area (Å²) in [5, 5.41) is 13.0. The van der Waals surface area contributed by atoms with Crippen LogP contribution in [0.25, 0.3) is 0 Å². The van der Waals surface area contributed by atoms with Crippen molar-refractivity contribution in [1.29, 1.82) is 0 Å². The summed E-state index contributed by atoms with van der Waals surface area (Å²) in [7, 11) is 0. The number of aliphatic carboxylic acids is 1. The van der Waals surface area contributed by atoms with Gasteiger partial charge < -0.3 is 15.2 Å². The van der Waals surface area contributed by atoms with Crippen molar-refractivity contribution in [3.63, 3.8) is 0 Å². The summed E-state index contributed by atoms with van der Waals surface area (Å²) in [6, 6.07) is -2.33. The van der Waals surface area contributed by atoms with Crippen LogP contribution in [0.5, 0.6) is 0 Å². The van der Waals surface area contributed by atoms with Crippen molar-refractivity contribution in [3.05, 3.63) is 12.2 Å². The normalized spacial score (nSPS) is 26.5. The second-order valence-corrected chi connectivity index (χ2v) is 5.81. The Morgan fingerprint density at radius 2 is 1.82 bits per heavy atom. The van der Waals surface area contributed by atoms with Crippen molar-refractivity contribution in [2.24, 2.45) is 11.8 Å². The molecule has 0 spiro atoms. The summed E-state index contributed by atoms with van der Waals surface area (Å²) in [5.74, 6) is -3.92. The summed E-state index contributed by atoms with van der Waals surface area (Å²) < 4.78 is 0. The number of fused-ring (bicyclic) bond motifs is 1. The van der Waals surface area contributed by atoms with E-state index in [0.717, 1.165) is 4.90 Å². The number of amides is 3. The van der Waals surface area contributed by atoms with E-state index >= 15 is 0 Å². The predicted octanol–water partition coefficient (Wildman–Crippen LogP) is -1.51. The van der Waals surface area contributed by atoms with E-state index in [1.54, 1.807) is 0 Å².